The van der Waals surface area contributed by atoms with Gasteiger partial charge in [-0.3, -0.25) is 0 Å². The monoisotopic (exact) mass is 257 g/mol. The number of halogens is 1. The van der Waals surface area contributed by atoms with Crippen molar-refractivity contribution in [2.24, 2.45) is 0 Å². The van der Waals surface area contributed by atoms with Crippen molar-refractivity contribution in [3.63, 3.8) is 0 Å². The molecule has 0 amide bonds. The number of aromatic nitrogens is 2. The molecule has 1 saturated carbocycles. The molecule has 88 valence electrons. The molecule has 0 saturated heterocycles. The Morgan fingerprint density at radius 3 is 3.00 bits per heavy atom. The summed E-state index contributed by atoms with van der Waals surface area (Å²) in [5.41, 5.74) is 1.05. The van der Waals surface area contributed by atoms with Crippen LogP contribution < -0.4 is 5.32 Å². The van der Waals surface area contributed by atoms with Gasteiger partial charge in [0.05, 0.1) is 0 Å². The normalized spacial score (nSPS) is 24.7. The second-order valence-electron chi connectivity index (χ2n) is 4.18. The van der Waals surface area contributed by atoms with Crippen LogP contribution >= 0.6 is 23.4 Å². The van der Waals surface area contributed by atoms with E-state index in [4.69, 9.17) is 11.6 Å². The SMILES string of the molecule is CSC1CCC(Nc2nc(Cl)ncc2C)C1. The first kappa shape index (κ1) is 12.0. The van der Waals surface area contributed by atoms with Gasteiger partial charge >= 0.3 is 0 Å². The molecule has 2 atom stereocenters. The van der Waals surface area contributed by atoms with E-state index in [-0.39, 0.29) is 0 Å². The van der Waals surface area contributed by atoms with Crippen molar-refractivity contribution in [2.75, 3.05) is 11.6 Å². The Hall–Kier alpha value is -0.480. The summed E-state index contributed by atoms with van der Waals surface area (Å²) in [5.74, 6) is 0.881. The molecule has 1 aromatic heterocycles. The first-order valence-corrected chi connectivity index (χ1v) is 7.14. The van der Waals surface area contributed by atoms with Crippen molar-refractivity contribution >= 4 is 29.2 Å². The smallest absolute Gasteiger partial charge is 0.224 e. The third-order valence-corrected chi connectivity index (χ3v) is 4.28. The molecule has 0 radical (unpaired) electrons. The van der Waals surface area contributed by atoms with E-state index in [1.807, 2.05) is 18.7 Å². The van der Waals surface area contributed by atoms with E-state index >= 15 is 0 Å². The van der Waals surface area contributed by atoms with Gasteiger partial charge in [-0.2, -0.15) is 11.8 Å². The molecule has 16 heavy (non-hydrogen) atoms. The highest BCUT2D eigenvalue weighted by Crippen LogP contribution is 2.30. The minimum Gasteiger partial charge on any atom is -0.367 e. The fraction of sp³-hybridized carbons (Fsp3) is 0.636. The molecule has 1 aliphatic rings. The van der Waals surface area contributed by atoms with Gasteiger partial charge in [-0.15, -0.1) is 0 Å². The number of nitrogens with one attached hydrogen (secondary N) is 1. The Balaban J connectivity index is 2.01. The summed E-state index contributed by atoms with van der Waals surface area (Å²) in [6, 6.07) is 0.530. The van der Waals surface area contributed by atoms with Gasteiger partial charge in [-0.25, -0.2) is 9.97 Å². The van der Waals surface area contributed by atoms with Crippen molar-refractivity contribution in [1.82, 2.24) is 9.97 Å². The molecule has 5 heteroatoms. The molecule has 1 N–H and O–H groups in total. The number of hydrogen-bond acceptors (Lipinski definition) is 4. The molecule has 3 nitrogen and oxygen atoms in total. The molecule has 0 aliphatic heterocycles. The van der Waals surface area contributed by atoms with E-state index in [0.717, 1.165) is 16.6 Å². The van der Waals surface area contributed by atoms with Crippen LogP contribution in [0.4, 0.5) is 5.82 Å². The lowest BCUT2D eigenvalue weighted by atomic mass is 10.2. The summed E-state index contributed by atoms with van der Waals surface area (Å²) in [5, 5.41) is 4.57. The van der Waals surface area contributed by atoms with Gasteiger partial charge < -0.3 is 5.32 Å². The van der Waals surface area contributed by atoms with Gasteiger partial charge in [-0.1, -0.05) is 0 Å². The molecule has 0 spiro atoms. The Kier molecular flexibility index (Phi) is 3.92. The maximum absolute atomic E-state index is 5.79. The van der Waals surface area contributed by atoms with Gasteiger partial charge in [0.1, 0.15) is 5.82 Å². The van der Waals surface area contributed by atoms with Gasteiger partial charge in [0, 0.05) is 23.1 Å². The molecule has 2 rings (SSSR count). The molecule has 1 aromatic rings. The van der Waals surface area contributed by atoms with Crippen LogP contribution in [0.25, 0.3) is 0 Å². The van der Waals surface area contributed by atoms with Crippen LogP contribution in [0.3, 0.4) is 0 Å². The largest absolute Gasteiger partial charge is 0.367 e. The third-order valence-electron chi connectivity index (χ3n) is 3.00. The zero-order chi connectivity index (χ0) is 11.5. The van der Waals surface area contributed by atoms with Crippen LogP contribution in [-0.4, -0.2) is 27.5 Å². The zero-order valence-corrected chi connectivity index (χ0v) is 11.1. The molecule has 1 fully saturated rings. The van der Waals surface area contributed by atoms with Crippen molar-refractivity contribution < 1.29 is 0 Å². The molecule has 2 unspecified atom stereocenters. The van der Waals surface area contributed by atoms with Crippen molar-refractivity contribution in [2.45, 2.75) is 37.5 Å². The lowest BCUT2D eigenvalue weighted by Gasteiger charge is -2.14. The van der Waals surface area contributed by atoms with Crippen LogP contribution in [0.5, 0.6) is 0 Å². The van der Waals surface area contributed by atoms with E-state index in [0.29, 0.717) is 11.3 Å². The van der Waals surface area contributed by atoms with E-state index in [9.17, 15) is 0 Å². The fourth-order valence-electron chi connectivity index (χ4n) is 2.05. The maximum atomic E-state index is 5.79. The molecule has 1 heterocycles. The van der Waals surface area contributed by atoms with E-state index in [1.165, 1.54) is 19.3 Å². The van der Waals surface area contributed by atoms with Gasteiger partial charge in [0.25, 0.3) is 0 Å². The summed E-state index contributed by atoms with van der Waals surface area (Å²) >= 11 is 7.75. The number of aryl methyl sites for hydroxylation is 1. The Morgan fingerprint density at radius 1 is 1.50 bits per heavy atom. The molecule has 0 bridgehead atoms. The van der Waals surface area contributed by atoms with E-state index in [1.54, 1.807) is 6.20 Å². The second kappa shape index (κ2) is 5.23. The summed E-state index contributed by atoms with van der Waals surface area (Å²) in [6.07, 6.45) is 7.66. The van der Waals surface area contributed by atoms with Gasteiger partial charge in [0.15, 0.2) is 0 Å². The van der Waals surface area contributed by atoms with Crippen LogP contribution in [-0.2, 0) is 0 Å². The minimum atomic E-state index is 0.313. The highest BCUT2D eigenvalue weighted by Gasteiger charge is 2.24. The van der Waals surface area contributed by atoms with E-state index < -0.39 is 0 Å². The number of nitrogens with zero attached hydrogens (tertiary/aromatic N) is 2. The van der Waals surface area contributed by atoms with Crippen molar-refractivity contribution in [3.05, 3.63) is 17.0 Å². The molecule has 0 aromatic carbocycles. The Labute approximate surface area is 105 Å². The second-order valence-corrected chi connectivity index (χ2v) is 5.66. The average molecular weight is 258 g/mol. The van der Waals surface area contributed by atoms with Crippen LogP contribution in [0.15, 0.2) is 6.20 Å². The van der Waals surface area contributed by atoms with Gasteiger partial charge in [0.2, 0.25) is 5.28 Å². The lowest BCUT2D eigenvalue weighted by molar-refractivity contribution is 0.750. The average Bonchev–Trinajstić information content (AvgIpc) is 2.71. The van der Waals surface area contributed by atoms with Crippen LogP contribution in [0.1, 0.15) is 24.8 Å². The number of anilines is 1. The standard InChI is InChI=1S/C11H16ClN3S/c1-7-6-13-11(12)15-10(7)14-8-3-4-9(5-8)16-2/h6,8-9H,3-5H2,1-2H3,(H,13,14,15). The predicted molar refractivity (Wildman–Crippen MR) is 70.3 cm³/mol. The number of thioether (sulfide) groups is 1. The molecule has 1 aliphatic carbocycles. The maximum Gasteiger partial charge on any atom is 0.224 e. The Bertz CT molecular complexity index is 372. The minimum absolute atomic E-state index is 0.313. The highest BCUT2D eigenvalue weighted by atomic mass is 35.5. The summed E-state index contributed by atoms with van der Waals surface area (Å²) in [7, 11) is 0. The third kappa shape index (κ3) is 2.80. The fourth-order valence-corrected chi connectivity index (χ4v) is 2.98. The van der Waals surface area contributed by atoms with Crippen molar-refractivity contribution in [3.8, 4) is 0 Å². The Morgan fingerprint density at radius 2 is 2.31 bits per heavy atom. The predicted octanol–water partition coefficient (Wildman–Crippen LogP) is 3.13. The number of hydrogen-bond donors (Lipinski definition) is 1. The first-order chi connectivity index (χ1) is 7.69. The number of rotatable bonds is 3. The quantitative estimate of drug-likeness (QED) is 0.845. The summed E-state index contributed by atoms with van der Waals surface area (Å²) in [6.45, 7) is 2.00. The summed E-state index contributed by atoms with van der Waals surface area (Å²) in [4.78, 5) is 8.18. The topological polar surface area (TPSA) is 37.8 Å². The van der Waals surface area contributed by atoms with E-state index in [2.05, 4.69) is 21.5 Å². The highest BCUT2D eigenvalue weighted by molar-refractivity contribution is 7.99. The molecular weight excluding hydrogens is 242 g/mol. The van der Waals surface area contributed by atoms with Crippen molar-refractivity contribution in [1.29, 1.82) is 0 Å². The van der Waals surface area contributed by atoms with Crippen LogP contribution in [0.2, 0.25) is 5.28 Å². The molecular formula is C11H16ClN3S. The first-order valence-electron chi connectivity index (χ1n) is 5.47. The lowest BCUT2D eigenvalue weighted by Crippen LogP contribution is -2.17. The summed E-state index contributed by atoms with van der Waals surface area (Å²) < 4.78 is 0. The van der Waals surface area contributed by atoms with Gasteiger partial charge in [-0.05, 0) is 44.0 Å². The van der Waals surface area contributed by atoms with Crippen LogP contribution in [0, 0.1) is 6.92 Å². The zero-order valence-electron chi connectivity index (χ0n) is 9.53.